The van der Waals surface area contributed by atoms with Gasteiger partial charge in [0.05, 0.1) is 10.9 Å². The number of aryl methyl sites for hydroxylation is 1. The summed E-state index contributed by atoms with van der Waals surface area (Å²) in [4.78, 5) is 37.5. The van der Waals surface area contributed by atoms with Crippen molar-refractivity contribution in [1.29, 1.82) is 0 Å². The van der Waals surface area contributed by atoms with Crippen molar-refractivity contribution in [3.05, 3.63) is 142 Å². The molecule has 6 nitrogen and oxygen atoms in total. The van der Waals surface area contributed by atoms with Crippen molar-refractivity contribution in [1.82, 2.24) is 9.66 Å². The quantitative estimate of drug-likeness (QED) is 0.325. The highest BCUT2D eigenvalue weighted by Gasteiger charge is 2.35. The van der Waals surface area contributed by atoms with E-state index in [1.54, 1.807) is 24.3 Å². The summed E-state index contributed by atoms with van der Waals surface area (Å²) in [5.74, 6) is 0.314. The number of benzene rings is 4. The van der Waals surface area contributed by atoms with Crippen molar-refractivity contribution >= 4 is 28.7 Å². The van der Waals surface area contributed by atoms with Gasteiger partial charge in [0.15, 0.2) is 11.7 Å². The Hall–Kier alpha value is -5.10. The van der Waals surface area contributed by atoms with Crippen LogP contribution in [0.3, 0.4) is 0 Å². The molecule has 0 saturated carbocycles. The Balaban J connectivity index is 1.62. The molecule has 0 bridgehead atoms. The molecule has 4 aromatic carbocycles. The van der Waals surface area contributed by atoms with Gasteiger partial charge in [-0.2, -0.15) is 9.69 Å². The summed E-state index contributed by atoms with van der Waals surface area (Å²) in [5.41, 5.74) is 3.84. The van der Waals surface area contributed by atoms with Crippen LogP contribution < -0.4 is 10.6 Å². The first-order valence-corrected chi connectivity index (χ1v) is 11.9. The third-order valence-electron chi connectivity index (χ3n) is 6.24. The van der Waals surface area contributed by atoms with Gasteiger partial charge in [0.25, 0.3) is 11.5 Å². The fourth-order valence-corrected chi connectivity index (χ4v) is 4.37. The maximum absolute atomic E-state index is 14.0. The zero-order valence-corrected chi connectivity index (χ0v) is 20.1. The van der Waals surface area contributed by atoms with Crippen LogP contribution in [0.1, 0.15) is 16.7 Å². The zero-order valence-electron chi connectivity index (χ0n) is 20.1. The van der Waals surface area contributed by atoms with Gasteiger partial charge in [0, 0.05) is 11.1 Å². The molecule has 5 aromatic rings. The van der Waals surface area contributed by atoms with Gasteiger partial charge in [-0.3, -0.25) is 9.59 Å². The molecule has 0 aliphatic carbocycles. The average Bonchev–Trinajstić information content (AvgIpc) is 3.26. The predicted octanol–water partition coefficient (Wildman–Crippen LogP) is 5.34. The molecule has 178 valence electrons. The van der Waals surface area contributed by atoms with Gasteiger partial charge in [0.1, 0.15) is 5.70 Å². The molecule has 6 heteroatoms. The van der Waals surface area contributed by atoms with Gasteiger partial charge in [-0.25, -0.2) is 9.98 Å². The van der Waals surface area contributed by atoms with Crippen molar-refractivity contribution in [2.24, 2.45) is 4.99 Å². The Labute approximate surface area is 213 Å². The summed E-state index contributed by atoms with van der Waals surface area (Å²) >= 11 is 0. The second-order valence-corrected chi connectivity index (χ2v) is 8.79. The molecule has 1 aliphatic heterocycles. The number of carbonyl (C=O) groups excluding carboxylic acids is 1. The van der Waals surface area contributed by atoms with Crippen molar-refractivity contribution in [2.75, 3.05) is 5.01 Å². The molecule has 0 N–H and O–H groups in total. The lowest BCUT2D eigenvalue weighted by molar-refractivity contribution is -0.115. The molecule has 0 radical (unpaired) electrons. The average molecular weight is 483 g/mol. The molecule has 1 amide bonds. The molecule has 0 atom stereocenters. The summed E-state index contributed by atoms with van der Waals surface area (Å²) < 4.78 is 1.35. The molecule has 2 heterocycles. The van der Waals surface area contributed by atoms with Crippen LogP contribution in [0.2, 0.25) is 0 Å². The van der Waals surface area contributed by atoms with Crippen molar-refractivity contribution < 1.29 is 4.79 Å². The summed E-state index contributed by atoms with van der Waals surface area (Å²) in [6.07, 6.45) is 1.74. The number of hydrogen-bond donors (Lipinski definition) is 0. The minimum Gasteiger partial charge on any atom is -0.267 e. The van der Waals surface area contributed by atoms with Crippen LogP contribution in [0.25, 0.3) is 28.4 Å². The number of amidine groups is 1. The van der Waals surface area contributed by atoms with Crippen LogP contribution in [0.4, 0.5) is 0 Å². The van der Waals surface area contributed by atoms with E-state index in [0.29, 0.717) is 33.7 Å². The highest BCUT2D eigenvalue weighted by Crippen LogP contribution is 2.25. The van der Waals surface area contributed by atoms with Gasteiger partial charge in [0.2, 0.25) is 0 Å². The third-order valence-corrected chi connectivity index (χ3v) is 6.24. The fourth-order valence-electron chi connectivity index (χ4n) is 4.37. The van der Waals surface area contributed by atoms with Crippen molar-refractivity contribution in [3.8, 4) is 11.4 Å². The van der Waals surface area contributed by atoms with Crippen molar-refractivity contribution in [2.45, 2.75) is 6.92 Å². The third kappa shape index (κ3) is 4.04. The first kappa shape index (κ1) is 22.4. The van der Waals surface area contributed by atoms with Crippen LogP contribution in [0.5, 0.6) is 0 Å². The number of carbonyl (C=O) groups is 1. The summed E-state index contributed by atoms with van der Waals surface area (Å²) in [7, 11) is 0. The van der Waals surface area contributed by atoms with E-state index in [1.165, 1.54) is 9.69 Å². The smallest absolute Gasteiger partial charge is 0.267 e. The van der Waals surface area contributed by atoms with E-state index in [2.05, 4.69) is 0 Å². The number of nitrogens with zero attached hydrogens (tertiary/aromatic N) is 4. The van der Waals surface area contributed by atoms with Crippen molar-refractivity contribution in [3.63, 3.8) is 0 Å². The van der Waals surface area contributed by atoms with Crippen LogP contribution in [-0.2, 0) is 4.79 Å². The molecule has 0 unspecified atom stereocenters. The number of hydrogen-bond acceptors (Lipinski definition) is 4. The second kappa shape index (κ2) is 9.17. The van der Waals surface area contributed by atoms with Crippen LogP contribution in [0, 0.1) is 6.92 Å². The Morgan fingerprint density at radius 1 is 0.703 bits per heavy atom. The monoisotopic (exact) mass is 482 g/mol. The Morgan fingerprint density at radius 2 is 1.32 bits per heavy atom. The van der Waals surface area contributed by atoms with E-state index in [4.69, 9.17) is 9.98 Å². The summed E-state index contributed by atoms with van der Waals surface area (Å²) in [5, 5.41) is 1.76. The lowest BCUT2D eigenvalue weighted by atomic mass is 10.1. The minimum absolute atomic E-state index is 0.238. The topological polar surface area (TPSA) is 67.6 Å². The van der Waals surface area contributed by atoms with E-state index in [1.807, 2.05) is 97.9 Å². The van der Waals surface area contributed by atoms with Crippen LogP contribution in [-0.4, -0.2) is 21.4 Å². The zero-order chi connectivity index (χ0) is 25.4. The van der Waals surface area contributed by atoms with Gasteiger partial charge in [-0.05, 0) is 30.7 Å². The SMILES string of the molecule is Cc1ccc(/C=C2/N=C(c3ccccc3)N(n3c(-c4ccccc4)nc4ccccc4c3=O)C2=O)cc1. The number of fused-ring (bicyclic) bond motifs is 1. The maximum atomic E-state index is 14.0. The molecule has 0 fully saturated rings. The number of aromatic nitrogens is 2. The van der Waals surface area contributed by atoms with E-state index in [-0.39, 0.29) is 11.3 Å². The fraction of sp³-hybridized carbons (Fsp3) is 0.0323. The molecule has 0 saturated heterocycles. The second-order valence-electron chi connectivity index (χ2n) is 8.79. The van der Waals surface area contributed by atoms with E-state index in [9.17, 15) is 9.59 Å². The molecule has 0 spiro atoms. The Morgan fingerprint density at radius 3 is 2.03 bits per heavy atom. The van der Waals surface area contributed by atoms with Gasteiger partial charge >= 0.3 is 0 Å². The summed E-state index contributed by atoms with van der Waals surface area (Å²) in [6, 6.07) is 33.8. The lowest BCUT2D eigenvalue weighted by Gasteiger charge is -2.23. The van der Waals surface area contributed by atoms with E-state index >= 15 is 0 Å². The largest absolute Gasteiger partial charge is 0.297 e. The molecule has 1 aliphatic rings. The van der Waals surface area contributed by atoms with Gasteiger partial charge in [-0.15, -0.1) is 0 Å². The lowest BCUT2D eigenvalue weighted by Crippen LogP contribution is -2.49. The van der Waals surface area contributed by atoms with E-state index in [0.717, 1.165) is 11.1 Å². The first-order valence-electron chi connectivity index (χ1n) is 11.9. The van der Waals surface area contributed by atoms with Crippen LogP contribution >= 0.6 is 0 Å². The Kier molecular flexibility index (Phi) is 5.54. The maximum Gasteiger partial charge on any atom is 0.297 e. The molecule has 37 heavy (non-hydrogen) atoms. The van der Waals surface area contributed by atoms with Gasteiger partial charge in [-0.1, -0.05) is 103 Å². The molecular weight excluding hydrogens is 460 g/mol. The van der Waals surface area contributed by atoms with Crippen LogP contribution in [0.15, 0.2) is 125 Å². The number of amides is 1. The first-order chi connectivity index (χ1) is 18.1. The Bertz CT molecular complexity index is 1750. The summed E-state index contributed by atoms with van der Waals surface area (Å²) in [6.45, 7) is 2.01. The number of aliphatic imine (C=N–C) groups is 1. The number of para-hydroxylation sites is 1. The number of rotatable bonds is 4. The molecule has 1 aromatic heterocycles. The molecule has 6 rings (SSSR count). The highest BCUT2D eigenvalue weighted by atomic mass is 16.2. The minimum atomic E-state index is -0.407. The van der Waals surface area contributed by atoms with Gasteiger partial charge < -0.3 is 0 Å². The van der Waals surface area contributed by atoms with E-state index < -0.39 is 5.91 Å². The normalized spacial score (nSPS) is 14.4. The predicted molar refractivity (Wildman–Crippen MR) is 147 cm³/mol. The molecular formula is C31H22N4O2. The highest BCUT2D eigenvalue weighted by molar-refractivity contribution is 6.29. The standard InChI is InChI=1S/C31H22N4O2/c1-21-16-18-22(19-17-21)20-27-31(37)35(29(33-27)24-12-6-3-7-13-24)34-28(23-10-4-2-5-11-23)32-26-15-9-8-14-25(26)30(34)36/h2-20H,1H3/b27-20+.